The molecule has 7 nitrogen and oxygen atoms in total. The second-order valence-corrected chi connectivity index (χ2v) is 5.80. The van der Waals surface area contributed by atoms with Crippen molar-refractivity contribution in [2.75, 3.05) is 0 Å². The molecule has 1 atom stereocenters. The molecule has 0 aromatic carbocycles. The largest absolute Gasteiger partial charge is 0.473 e. The lowest BCUT2D eigenvalue weighted by Crippen LogP contribution is -2.13. The first-order valence-corrected chi connectivity index (χ1v) is 8.14. The van der Waals surface area contributed by atoms with Gasteiger partial charge in [-0.3, -0.25) is 9.78 Å². The van der Waals surface area contributed by atoms with Crippen LogP contribution in [0.1, 0.15) is 31.5 Å². The number of esters is 1. The van der Waals surface area contributed by atoms with Gasteiger partial charge in [-0.15, -0.1) is 0 Å². The molecule has 0 spiro atoms. The lowest BCUT2D eigenvalue weighted by Gasteiger charge is -2.13. The zero-order valence-corrected chi connectivity index (χ0v) is 14.3. The number of hydrogen-bond acceptors (Lipinski definition) is 6. The molecule has 3 rings (SSSR count). The predicted octanol–water partition coefficient (Wildman–Crippen LogP) is 2.59. The van der Waals surface area contributed by atoms with Crippen LogP contribution < -0.4 is 4.74 Å². The second kappa shape index (κ2) is 7.74. The van der Waals surface area contributed by atoms with E-state index in [1.54, 1.807) is 23.1 Å². The molecular weight excluding hydrogens is 320 g/mol. The van der Waals surface area contributed by atoms with Crippen molar-refractivity contribution in [3.05, 3.63) is 54.1 Å². The number of ether oxygens (including phenoxy) is 2. The Bertz CT molecular complexity index is 848. The lowest BCUT2D eigenvalue weighted by atomic mass is 10.1. The SMILES string of the molecule is CC(=O)OC(C)CCc1cc(OCc2cccnc2)n2nccc2n1. The van der Waals surface area contributed by atoms with Crippen molar-refractivity contribution in [1.29, 1.82) is 0 Å². The molecule has 0 amide bonds. The molecule has 7 heteroatoms. The van der Waals surface area contributed by atoms with E-state index in [2.05, 4.69) is 15.1 Å². The van der Waals surface area contributed by atoms with Crippen molar-refractivity contribution >= 4 is 11.6 Å². The fraction of sp³-hybridized carbons (Fsp3) is 0.333. The lowest BCUT2D eigenvalue weighted by molar-refractivity contribution is -0.145. The maximum Gasteiger partial charge on any atom is 0.302 e. The van der Waals surface area contributed by atoms with Crippen molar-refractivity contribution in [2.24, 2.45) is 0 Å². The highest BCUT2D eigenvalue weighted by atomic mass is 16.5. The summed E-state index contributed by atoms with van der Waals surface area (Å²) in [6, 6.07) is 7.53. The third-order valence-corrected chi connectivity index (χ3v) is 3.66. The second-order valence-electron chi connectivity index (χ2n) is 5.80. The van der Waals surface area contributed by atoms with E-state index in [1.165, 1.54) is 6.92 Å². The Balaban J connectivity index is 1.73. The van der Waals surface area contributed by atoms with Gasteiger partial charge in [-0.25, -0.2) is 4.98 Å². The van der Waals surface area contributed by atoms with Crippen molar-refractivity contribution < 1.29 is 14.3 Å². The van der Waals surface area contributed by atoms with Crippen LogP contribution >= 0.6 is 0 Å². The number of rotatable bonds is 7. The van der Waals surface area contributed by atoms with Gasteiger partial charge in [0, 0.05) is 42.7 Å². The summed E-state index contributed by atoms with van der Waals surface area (Å²) in [6.45, 7) is 3.69. The average Bonchev–Trinajstić information content (AvgIpc) is 3.07. The summed E-state index contributed by atoms with van der Waals surface area (Å²) in [4.78, 5) is 19.7. The highest BCUT2D eigenvalue weighted by Crippen LogP contribution is 2.18. The third-order valence-electron chi connectivity index (χ3n) is 3.66. The van der Waals surface area contributed by atoms with E-state index in [0.717, 1.165) is 16.9 Å². The average molecular weight is 340 g/mol. The first-order chi connectivity index (χ1) is 12.1. The number of carbonyl (C=O) groups excluding carboxylic acids is 1. The fourth-order valence-electron chi connectivity index (χ4n) is 2.50. The Labute approximate surface area is 145 Å². The summed E-state index contributed by atoms with van der Waals surface area (Å²) in [5.74, 6) is 0.348. The Morgan fingerprint density at radius 3 is 2.96 bits per heavy atom. The van der Waals surface area contributed by atoms with Crippen LogP contribution in [-0.2, 0) is 22.6 Å². The van der Waals surface area contributed by atoms with Gasteiger partial charge in [-0.2, -0.15) is 9.61 Å². The van der Waals surface area contributed by atoms with Crippen LogP contribution in [0.25, 0.3) is 5.65 Å². The molecule has 3 aromatic rings. The molecule has 0 fully saturated rings. The molecule has 1 unspecified atom stereocenters. The number of fused-ring (bicyclic) bond motifs is 1. The molecule has 3 aromatic heterocycles. The summed E-state index contributed by atoms with van der Waals surface area (Å²) < 4.78 is 12.7. The van der Waals surface area contributed by atoms with Crippen LogP contribution in [-0.4, -0.2) is 31.7 Å². The minimum absolute atomic E-state index is 0.153. The van der Waals surface area contributed by atoms with E-state index < -0.39 is 0 Å². The summed E-state index contributed by atoms with van der Waals surface area (Å²) in [5.41, 5.74) is 2.57. The predicted molar refractivity (Wildman–Crippen MR) is 91.1 cm³/mol. The number of pyridine rings is 1. The highest BCUT2D eigenvalue weighted by Gasteiger charge is 2.11. The van der Waals surface area contributed by atoms with Gasteiger partial charge in [-0.05, 0) is 25.8 Å². The Morgan fingerprint density at radius 1 is 1.32 bits per heavy atom. The molecule has 0 saturated heterocycles. The summed E-state index contributed by atoms with van der Waals surface area (Å²) >= 11 is 0. The number of aryl methyl sites for hydroxylation is 1. The Kier molecular flexibility index (Phi) is 5.23. The zero-order valence-electron chi connectivity index (χ0n) is 14.3. The van der Waals surface area contributed by atoms with Crippen molar-refractivity contribution in [2.45, 2.75) is 39.4 Å². The molecule has 0 aliphatic heterocycles. The minimum atomic E-state index is -0.271. The van der Waals surface area contributed by atoms with Crippen LogP contribution in [0.4, 0.5) is 0 Å². The van der Waals surface area contributed by atoms with E-state index in [-0.39, 0.29) is 12.1 Å². The quantitative estimate of drug-likeness (QED) is 0.615. The van der Waals surface area contributed by atoms with Crippen LogP contribution in [0.3, 0.4) is 0 Å². The Morgan fingerprint density at radius 2 is 2.20 bits per heavy atom. The molecule has 0 radical (unpaired) electrons. The fourth-order valence-corrected chi connectivity index (χ4v) is 2.50. The first-order valence-electron chi connectivity index (χ1n) is 8.14. The third kappa shape index (κ3) is 4.53. The van der Waals surface area contributed by atoms with E-state index >= 15 is 0 Å². The minimum Gasteiger partial charge on any atom is -0.473 e. The van der Waals surface area contributed by atoms with Gasteiger partial charge < -0.3 is 9.47 Å². The summed E-state index contributed by atoms with van der Waals surface area (Å²) in [7, 11) is 0. The number of carbonyl (C=O) groups is 1. The molecular formula is C18H20N4O3. The maximum absolute atomic E-state index is 11.0. The molecule has 0 N–H and O–H groups in total. The highest BCUT2D eigenvalue weighted by molar-refractivity contribution is 5.66. The van der Waals surface area contributed by atoms with Crippen LogP contribution in [0.2, 0.25) is 0 Å². The molecule has 0 aliphatic rings. The van der Waals surface area contributed by atoms with Crippen molar-refractivity contribution in [3.8, 4) is 5.88 Å². The molecule has 0 aliphatic carbocycles. The number of aromatic nitrogens is 4. The van der Waals surface area contributed by atoms with Crippen LogP contribution in [0, 0.1) is 0 Å². The number of nitrogens with zero attached hydrogens (tertiary/aromatic N) is 4. The standard InChI is InChI=1S/C18H20N4O3/c1-13(25-14(2)23)5-6-16-10-18(22-17(21-16)7-9-20-22)24-12-15-4-3-8-19-11-15/h3-4,7-11,13H,5-6,12H2,1-2H3. The van der Waals surface area contributed by atoms with Gasteiger partial charge in [0.05, 0.1) is 12.3 Å². The van der Waals surface area contributed by atoms with Crippen LogP contribution in [0.5, 0.6) is 5.88 Å². The maximum atomic E-state index is 11.0. The molecule has 0 bridgehead atoms. The molecule has 3 heterocycles. The molecule has 130 valence electrons. The Hall–Kier alpha value is -2.96. The van der Waals surface area contributed by atoms with Gasteiger partial charge in [0.15, 0.2) is 5.65 Å². The summed E-state index contributed by atoms with van der Waals surface area (Å²) in [5, 5.41) is 4.25. The van der Waals surface area contributed by atoms with Crippen molar-refractivity contribution in [1.82, 2.24) is 19.6 Å². The first kappa shape index (κ1) is 16.9. The summed E-state index contributed by atoms with van der Waals surface area (Å²) in [6.07, 6.45) is 6.40. The van der Waals surface area contributed by atoms with Gasteiger partial charge in [0.1, 0.15) is 6.61 Å². The van der Waals surface area contributed by atoms with Crippen molar-refractivity contribution in [3.63, 3.8) is 0 Å². The molecule has 0 saturated carbocycles. The van der Waals surface area contributed by atoms with Gasteiger partial charge in [0.25, 0.3) is 0 Å². The van der Waals surface area contributed by atoms with Gasteiger partial charge in [-0.1, -0.05) is 6.07 Å². The van der Waals surface area contributed by atoms with Gasteiger partial charge >= 0.3 is 5.97 Å². The monoisotopic (exact) mass is 340 g/mol. The van der Waals surface area contributed by atoms with Gasteiger partial charge in [0.2, 0.25) is 5.88 Å². The van der Waals surface area contributed by atoms with E-state index in [0.29, 0.717) is 25.3 Å². The smallest absolute Gasteiger partial charge is 0.302 e. The van der Waals surface area contributed by atoms with E-state index in [1.807, 2.05) is 31.2 Å². The normalized spacial score (nSPS) is 12.1. The van der Waals surface area contributed by atoms with E-state index in [4.69, 9.17) is 9.47 Å². The van der Waals surface area contributed by atoms with E-state index in [9.17, 15) is 4.79 Å². The van der Waals surface area contributed by atoms with Crippen LogP contribution in [0.15, 0.2) is 42.9 Å². The topological polar surface area (TPSA) is 78.6 Å². The zero-order chi connectivity index (χ0) is 17.6. The number of hydrogen-bond donors (Lipinski definition) is 0. The molecule has 25 heavy (non-hydrogen) atoms.